The first kappa shape index (κ1) is 15.9. The molecule has 0 saturated heterocycles. The number of benzene rings is 1. The van der Waals surface area contributed by atoms with Gasteiger partial charge in [0.05, 0.1) is 11.6 Å². The summed E-state index contributed by atoms with van der Waals surface area (Å²) in [7, 11) is 1.60. The maximum Gasteiger partial charge on any atom is 0.237 e. The van der Waals surface area contributed by atoms with E-state index in [2.05, 4.69) is 22.8 Å². The summed E-state index contributed by atoms with van der Waals surface area (Å²) >= 11 is 0. The second kappa shape index (κ2) is 7.02. The molecule has 3 N–H and O–H groups in total. The van der Waals surface area contributed by atoms with Gasteiger partial charge in [0, 0.05) is 33.2 Å². The van der Waals surface area contributed by atoms with E-state index in [1.807, 2.05) is 12.1 Å². The molecule has 1 aromatic rings. The molecule has 0 aliphatic carbocycles. The maximum absolute atomic E-state index is 12.2. The molecule has 2 rings (SSSR count). The zero-order valence-corrected chi connectivity index (χ0v) is 12.7. The quantitative estimate of drug-likeness (QED) is 0.718. The molecule has 1 aromatic carbocycles. The summed E-state index contributed by atoms with van der Waals surface area (Å²) in [5.74, 6) is -0.0674. The van der Waals surface area contributed by atoms with Crippen LogP contribution >= 0.6 is 0 Å². The van der Waals surface area contributed by atoms with Crippen LogP contribution in [0.2, 0.25) is 0 Å². The second-order valence-corrected chi connectivity index (χ2v) is 5.86. The summed E-state index contributed by atoms with van der Waals surface area (Å²) < 4.78 is 4.95. The minimum absolute atomic E-state index is 0.0674. The molecule has 1 aliphatic heterocycles. The van der Waals surface area contributed by atoms with Crippen LogP contribution in [0.4, 0.5) is 0 Å². The van der Waals surface area contributed by atoms with E-state index in [-0.39, 0.29) is 18.5 Å². The maximum atomic E-state index is 12.2. The summed E-state index contributed by atoms with van der Waals surface area (Å²) in [4.78, 5) is 12.2. The van der Waals surface area contributed by atoms with Crippen molar-refractivity contribution >= 4 is 5.91 Å². The molecule has 0 bridgehead atoms. The molecule has 0 radical (unpaired) electrons. The average molecular weight is 292 g/mol. The summed E-state index contributed by atoms with van der Waals surface area (Å²) in [6.45, 7) is 3.11. The molecule has 0 fully saturated rings. The molecule has 5 nitrogen and oxygen atoms in total. The number of aliphatic hydroxyl groups is 1. The minimum Gasteiger partial charge on any atom is -0.388 e. The number of hydrogen-bond donors (Lipinski definition) is 3. The number of rotatable bonds is 6. The molecule has 1 amide bonds. The highest BCUT2D eigenvalue weighted by Gasteiger charge is 2.26. The van der Waals surface area contributed by atoms with Gasteiger partial charge in [0.25, 0.3) is 0 Å². The van der Waals surface area contributed by atoms with Gasteiger partial charge in [0.15, 0.2) is 0 Å². The Kier molecular flexibility index (Phi) is 5.33. The van der Waals surface area contributed by atoms with Gasteiger partial charge >= 0.3 is 0 Å². The van der Waals surface area contributed by atoms with Crippen molar-refractivity contribution < 1.29 is 14.6 Å². The van der Waals surface area contributed by atoms with E-state index in [9.17, 15) is 9.90 Å². The highest BCUT2D eigenvalue weighted by molar-refractivity contribution is 5.82. The molecule has 1 heterocycles. The molecule has 1 aliphatic rings. The first-order valence-corrected chi connectivity index (χ1v) is 7.31. The smallest absolute Gasteiger partial charge is 0.237 e. The lowest BCUT2D eigenvalue weighted by Crippen LogP contribution is -2.51. The molecule has 2 atom stereocenters. The standard InChI is InChI=1S/C16H24N2O3/c1-16(20,7-8-21-2)11-18-15(19)14-9-12-5-3-4-6-13(12)10-17-14/h3-6,14,17,20H,7-11H2,1-2H3,(H,18,19). The van der Waals surface area contributed by atoms with Crippen LogP contribution < -0.4 is 10.6 Å². The molecule has 5 heteroatoms. The van der Waals surface area contributed by atoms with Gasteiger partial charge in [-0.05, 0) is 24.5 Å². The SMILES string of the molecule is COCCC(C)(O)CNC(=O)C1Cc2ccccc2CN1. The summed E-state index contributed by atoms with van der Waals surface area (Å²) in [6, 6.07) is 7.90. The summed E-state index contributed by atoms with van der Waals surface area (Å²) in [5, 5.41) is 16.2. The van der Waals surface area contributed by atoms with E-state index in [1.54, 1.807) is 14.0 Å². The Morgan fingerprint density at radius 1 is 1.48 bits per heavy atom. The number of carbonyl (C=O) groups excluding carboxylic acids is 1. The van der Waals surface area contributed by atoms with Crippen molar-refractivity contribution in [2.24, 2.45) is 0 Å². The Hall–Kier alpha value is -1.43. The van der Waals surface area contributed by atoms with Crippen LogP contribution in [0.25, 0.3) is 0 Å². The molecular formula is C16H24N2O3. The molecule has 0 spiro atoms. The van der Waals surface area contributed by atoms with Crippen LogP contribution in [0, 0.1) is 0 Å². The number of hydrogen-bond acceptors (Lipinski definition) is 4. The lowest BCUT2D eigenvalue weighted by molar-refractivity contribution is -0.124. The first-order valence-electron chi connectivity index (χ1n) is 7.31. The predicted molar refractivity (Wildman–Crippen MR) is 80.9 cm³/mol. The zero-order valence-electron chi connectivity index (χ0n) is 12.7. The van der Waals surface area contributed by atoms with E-state index in [1.165, 1.54) is 11.1 Å². The molecule has 2 unspecified atom stereocenters. The van der Waals surface area contributed by atoms with Crippen molar-refractivity contribution in [1.82, 2.24) is 10.6 Å². The molecule has 21 heavy (non-hydrogen) atoms. The van der Waals surface area contributed by atoms with Gasteiger partial charge in [-0.15, -0.1) is 0 Å². The van der Waals surface area contributed by atoms with E-state index in [4.69, 9.17) is 4.74 Å². The number of amides is 1. The van der Waals surface area contributed by atoms with E-state index >= 15 is 0 Å². The van der Waals surface area contributed by atoms with E-state index < -0.39 is 5.60 Å². The van der Waals surface area contributed by atoms with Gasteiger partial charge in [-0.1, -0.05) is 24.3 Å². The van der Waals surface area contributed by atoms with Crippen molar-refractivity contribution in [2.45, 2.75) is 38.0 Å². The van der Waals surface area contributed by atoms with E-state index in [0.29, 0.717) is 26.0 Å². The number of nitrogens with one attached hydrogen (secondary N) is 2. The third-order valence-corrected chi connectivity index (χ3v) is 3.89. The van der Waals surface area contributed by atoms with E-state index in [0.717, 1.165) is 0 Å². The molecule has 116 valence electrons. The highest BCUT2D eigenvalue weighted by atomic mass is 16.5. The fourth-order valence-corrected chi connectivity index (χ4v) is 2.45. The number of ether oxygens (including phenoxy) is 1. The third-order valence-electron chi connectivity index (χ3n) is 3.89. The van der Waals surface area contributed by atoms with Crippen molar-refractivity contribution in [3.63, 3.8) is 0 Å². The fraction of sp³-hybridized carbons (Fsp3) is 0.562. The van der Waals surface area contributed by atoms with Crippen molar-refractivity contribution in [3.05, 3.63) is 35.4 Å². The van der Waals surface area contributed by atoms with Crippen LogP contribution in [-0.4, -0.2) is 42.9 Å². The Balaban J connectivity index is 1.85. The Bertz CT molecular complexity index is 488. The fourth-order valence-electron chi connectivity index (χ4n) is 2.45. The van der Waals surface area contributed by atoms with Gasteiger partial charge in [0.2, 0.25) is 5.91 Å². The number of carbonyl (C=O) groups is 1. The lowest BCUT2D eigenvalue weighted by atomic mass is 9.95. The number of fused-ring (bicyclic) bond motifs is 1. The number of methoxy groups -OCH3 is 1. The highest BCUT2D eigenvalue weighted by Crippen LogP contribution is 2.16. The largest absolute Gasteiger partial charge is 0.388 e. The van der Waals surface area contributed by atoms with Gasteiger partial charge in [-0.2, -0.15) is 0 Å². The van der Waals surface area contributed by atoms with Crippen LogP contribution in [-0.2, 0) is 22.5 Å². The van der Waals surface area contributed by atoms with Crippen molar-refractivity contribution in [3.8, 4) is 0 Å². The minimum atomic E-state index is -0.946. The van der Waals surface area contributed by atoms with Crippen molar-refractivity contribution in [2.75, 3.05) is 20.3 Å². The average Bonchev–Trinajstić information content (AvgIpc) is 2.50. The lowest BCUT2D eigenvalue weighted by Gasteiger charge is -2.28. The van der Waals surface area contributed by atoms with Crippen LogP contribution in [0.5, 0.6) is 0 Å². The van der Waals surface area contributed by atoms with Gasteiger partial charge in [-0.3, -0.25) is 4.79 Å². The summed E-state index contributed by atoms with van der Waals surface area (Å²) in [6.07, 6.45) is 1.17. The monoisotopic (exact) mass is 292 g/mol. The first-order chi connectivity index (χ1) is 10.0. The van der Waals surface area contributed by atoms with Gasteiger partial charge < -0.3 is 20.5 Å². The van der Waals surface area contributed by atoms with Crippen molar-refractivity contribution in [1.29, 1.82) is 0 Å². The van der Waals surface area contributed by atoms with Gasteiger partial charge in [-0.25, -0.2) is 0 Å². The van der Waals surface area contributed by atoms with Crippen LogP contribution in [0.15, 0.2) is 24.3 Å². The summed E-state index contributed by atoms with van der Waals surface area (Å²) in [5.41, 5.74) is 1.51. The Morgan fingerprint density at radius 2 is 2.19 bits per heavy atom. The van der Waals surface area contributed by atoms with Crippen LogP contribution in [0.1, 0.15) is 24.5 Å². The molecular weight excluding hydrogens is 268 g/mol. The molecule has 0 saturated carbocycles. The topological polar surface area (TPSA) is 70.6 Å². The Labute approximate surface area is 125 Å². The molecule has 0 aromatic heterocycles. The second-order valence-electron chi connectivity index (χ2n) is 5.86. The normalized spacial score (nSPS) is 20.4. The Morgan fingerprint density at radius 3 is 2.90 bits per heavy atom. The predicted octanol–water partition coefficient (Wildman–Crippen LogP) is 0.605. The van der Waals surface area contributed by atoms with Gasteiger partial charge in [0.1, 0.15) is 0 Å². The zero-order chi connectivity index (χ0) is 15.3. The van der Waals surface area contributed by atoms with Crippen LogP contribution in [0.3, 0.4) is 0 Å². The third kappa shape index (κ3) is 4.52.